The molecule has 0 bridgehead atoms. The lowest BCUT2D eigenvalue weighted by molar-refractivity contribution is 0.0105. The van der Waals surface area contributed by atoms with Crippen molar-refractivity contribution in [2.45, 2.75) is 12.6 Å². The summed E-state index contributed by atoms with van der Waals surface area (Å²) in [4.78, 5) is 17.6. The van der Waals surface area contributed by atoms with Crippen LogP contribution in [-0.4, -0.2) is 62.0 Å². The van der Waals surface area contributed by atoms with Gasteiger partial charge in [0.05, 0.1) is 18.9 Å². The van der Waals surface area contributed by atoms with E-state index in [0.717, 1.165) is 56.2 Å². The van der Waals surface area contributed by atoms with Gasteiger partial charge in [-0.2, -0.15) is 0 Å². The molecule has 8 heteroatoms. The van der Waals surface area contributed by atoms with Gasteiger partial charge in [-0.1, -0.05) is 41.9 Å². The molecule has 0 radical (unpaired) electrons. The summed E-state index contributed by atoms with van der Waals surface area (Å²) in [5.74, 6) is -0.244. The SMILES string of the molecule is N=C(c1ccc(N2CC(N3CCOCC3)C2)cc1)c1cc(C(=O)NCc2ccccc2Cl)ccc1N. The van der Waals surface area contributed by atoms with Gasteiger partial charge in [-0.05, 0) is 42.0 Å². The summed E-state index contributed by atoms with van der Waals surface area (Å²) in [6.07, 6.45) is 0. The van der Waals surface area contributed by atoms with E-state index in [0.29, 0.717) is 34.4 Å². The first-order chi connectivity index (χ1) is 17.5. The zero-order valence-electron chi connectivity index (χ0n) is 20.0. The molecule has 0 unspecified atom stereocenters. The third-order valence-electron chi connectivity index (χ3n) is 6.93. The van der Waals surface area contributed by atoms with Crippen molar-refractivity contribution in [3.8, 4) is 0 Å². The first kappa shape index (κ1) is 24.3. The fraction of sp³-hybridized carbons (Fsp3) is 0.286. The number of nitrogen functional groups attached to an aromatic ring is 1. The minimum Gasteiger partial charge on any atom is -0.398 e. The highest BCUT2D eigenvalue weighted by molar-refractivity contribution is 6.31. The highest BCUT2D eigenvalue weighted by atomic mass is 35.5. The first-order valence-corrected chi connectivity index (χ1v) is 12.5. The third kappa shape index (κ3) is 5.23. The highest BCUT2D eigenvalue weighted by Crippen LogP contribution is 2.26. The van der Waals surface area contributed by atoms with E-state index in [1.54, 1.807) is 24.3 Å². The maximum atomic E-state index is 12.8. The molecule has 0 saturated carbocycles. The van der Waals surface area contributed by atoms with Crippen molar-refractivity contribution in [1.29, 1.82) is 5.41 Å². The van der Waals surface area contributed by atoms with Gasteiger partial charge in [-0.3, -0.25) is 15.1 Å². The molecule has 0 aliphatic carbocycles. The minimum absolute atomic E-state index is 0.244. The highest BCUT2D eigenvalue weighted by Gasteiger charge is 2.32. The molecule has 186 valence electrons. The molecule has 1 amide bonds. The molecule has 5 rings (SSSR count). The predicted octanol–water partition coefficient (Wildman–Crippen LogP) is 3.79. The Labute approximate surface area is 216 Å². The number of morpholine rings is 1. The van der Waals surface area contributed by atoms with Gasteiger partial charge in [0.15, 0.2) is 0 Å². The minimum atomic E-state index is -0.244. The smallest absolute Gasteiger partial charge is 0.251 e. The second-order valence-corrected chi connectivity index (χ2v) is 9.61. The Hall–Kier alpha value is -3.39. The van der Waals surface area contributed by atoms with Crippen LogP contribution in [0.4, 0.5) is 11.4 Å². The molecule has 0 aromatic heterocycles. The average molecular weight is 504 g/mol. The van der Waals surface area contributed by atoms with E-state index in [2.05, 4.69) is 27.2 Å². The monoisotopic (exact) mass is 503 g/mol. The van der Waals surface area contributed by atoms with Crippen LogP contribution in [0.1, 0.15) is 27.0 Å². The van der Waals surface area contributed by atoms with E-state index in [9.17, 15) is 4.79 Å². The number of hydrogen-bond acceptors (Lipinski definition) is 6. The van der Waals surface area contributed by atoms with Crippen LogP contribution < -0.4 is 16.0 Å². The van der Waals surface area contributed by atoms with Gasteiger partial charge in [0.25, 0.3) is 5.91 Å². The van der Waals surface area contributed by atoms with E-state index in [1.165, 1.54) is 0 Å². The van der Waals surface area contributed by atoms with Crippen LogP contribution in [0.15, 0.2) is 66.7 Å². The molecule has 0 spiro atoms. The van der Waals surface area contributed by atoms with Crippen LogP contribution >= 0.6 is 11.6 Å². The van der Waals surface area contributed by atoms with E-state index in [-0.39, 0.29) is 11.6 Å². The number of rotatable bonds is 7. The lowest BCUT2D eigenvalue weighted by Crippen LogP contribution is -2.61. The van der Waals surface area contributed by atoms with Gasteiger partial charge in [0.1, 0.15) is 0 Å². The van der Waals surface area contributed by atoms with Crippen LogP contribution in [0.5, 0.6) is 0 Å². The fourth-order valence-electron chi connectivity index (χ4n) is 4.67. The number of carbonyl (C=O) groups is 1. The van der Waals surface area contributed by atoms with E-state index < -0.39 is 0 Å². The van der Waals surface area contributed by atoms with E-state index >= 15 is 0 Å². The standard InChI is InChI=1S/C28H30ClN5O2/c29-25-4-2-1-3-21(25)16-32-28(35)20-7-10-26(30)24(15-20)27(31)19-5-8-22(9-6-19)34-17-23(18-34)33-11-13-36-14-12-33/h1-10,15,23,31H,11-14,16-18,30H2,(H,32,35). The summed E-state index contributed by atoms with van der Waals surface area (Å²) >= 11 is 6.19. The quantitative estimate of drug-likeness (QED) is 0.337. The second-order valence-electron chi connectivity index (χ2n) is 9.21. The molecule has 2 heterocycles. The van der Waals surface area contributed by atoms with Gasteiger partial charge in [0, 0.05) is 71.9 Å². The van der Waals surface area contributed by atoms with Crippen LogP contribution in [0.3, 0.4) is 0 Å². The van der Waals surface area contributed by atoms with E-state index in [1.807, 2.05) is 30.3 Å². The lowest BCUT2D eigenvalue weighted by Gasteiger charge is -2.47. The van der Waals surface area contributed by atoms with Gasteiger partial charge in [-0.25, -0.2) is 0 Å². The number of anilines is 2. The molecule has 2 fully saturated rings. The Morgan fingerprint density at radius 2 is 1.72 bits per heavy atom. The molecule has 3 aromatic rings. The molecular formula is C28H30ClN5O2. The number of nitrogens with one attached hydrogen (secondary N) is 2. The average Bonchev–Trinajstić information content (AvgIpc) is 2.88. The molecule has 36 heavy (non-hydrogen) atoms. The Morgan fingerprint density at radius 3 is 2.44 bits per heavy atom. The van der Waals surface area contributed by atoms with Gasteiger partial charge >= 0.3 is 0 Å². The number of nitrogens with two attached hydrogens (primary N) is 1. The Morgan fingerprint density at radius 1 is 1.03 bits per heavy atom. The number of hydrogen-bond donors (Lipinski definition) is 3. The van der Waals surface area contributed by atoms with Crippen LogP contribution in [-0.2, 0) is 11.3 Å². The molecule has 7 nitrogen and oxygen atoms in total. The Bertz CT molecular complexity index is 1250. The molecular weight excluding hydrogens is 474 g/mol. The number of ether oxygens (including phenoxy) is 1. The van der Waals surface area contributed by atoms with Gasteiger partial charge in [-0.15, -0.1) is 0 Å². The van der Waals surface area contributed by atoms with Crippen molar-refractivity contribution in [2.75, 3.05) is 50.0 Å². The molecule has 3 aromatic carbocycles. The summed E-state index contributed by atoms with van der Waals surface area (Å²) in [5, 5.41) is 12.3. The fourth-order valence-corrected chi connectivity index (χ4v) is 4.87. The molecule has 2 saturated heterocycles. The van der Waals surface area contributed by atoms with Gasteiger partial charge in [0.2, 0.25) is 0 Å². The van der Waals surface area contributed by atoms with Crippen molar-refractivity contribution in [2.24, 2.45) is 0 Å². The third-order valence-corrected chi connectivity index (χ3v) is 7.30. The van der Waals surface area contributed by atoms with Gasteiger partial charge < -0.3 is 20.7 Å². The zero-order valence-corrected chi connectivity index (χ0v) is 20.8. The second kappa shape index (κ2) is 10.7. The lowest BCUT2D eigenvalue weighted by atomic mass is 9.97. The number of carbonyl (C=O) groups excluding carboxylic acids is 1. The summed E-state index contributed by atoms with van der Waals surface area (Å²) in [6.45, 7) is 5.99. The largest absolute Gasteiger partial charge is 0.398 e. The van der Waals surface area contributed by atoms with Crippen molar-refractivity contribution in [3.05, 3.63) is 94.0 Å². The van der Waals surface area contributed by atoms with Crippen molar-refractivity contribution in [3.63, 3.8) is 0 Å². The number of benzene rings is 3. The topological polar surface area (TPSA) is 94.7 Å². The summed E-state index contributed by atoms with van der Waals surface area (Å²) in [6, 6.07) is 21.0. The maximum Gasteiger partial charge on any atom is 0.251 e. The van der Waals surface area contributed by atoms with Crippen LogP contribution in [0.25, 0.3) is 0 Å². The van der Waals surface area contributed by atoms with Crippen molar-refractivity contribution in [1.82, 2.24) is 10.2 Å². The normalized spacial score (nSPS) is 16.4. The van der Waals surface area contributed by atoms with Crippen LogP contribution in [0.2, 0.25) is 5.02 Å². The maximum absolute atomic E-state index is 12.8. The Kier molecular flexibility index (Phi) is 7.23. The van der Waals surface area contributed by atoms with Crippen molar-refractivity contribution >= 4 is 34.6 Å². The number of nitrogens with zero attached hydrogens (tertiary/aromatic N) is 2. The molecule has 2 aliphatic heterocycles. The Balaban J connectivity index is 1.22. The number of halogens is 1. The predicted molar refractivity (Wildman–Crippen MR) is 144 cm³/mol. The zero-order chi connectivity index (χ0) is 25.1. The number of amides is 1. The first-order valence-electron chi connectivity index (χ1n) is 12.2. The molecule has 2 aliphatic rings. The van der Waals surface area contributed by atoms with Crippen molar-refractivity contribution < 1.29 is 9.53 Å². The van der Waals surface area contributed by atoms with Crippen LogP contribution in [0, 0.1) is 5.41 Å². The summed E-state index contributed by atoms with van der Waals surface area (Å²) < 4.78 is 5.45. The van der Waals surface area contributed by atoms with E-state index in [4.69, 9.17) is 27.5 Å². The summed E-state index contributed by atoms with van der Waals surface area (Å²) in [5.41, 5.74) is 10.7. The summed E-state index contributed by atoms with van der Waals surface area (Å²) in [7, 11) is 0. The molecule has 4 N–H and O–H groups in total. The molecule has 0 atom stereocenters.